The van der Waals surface area contributed by atoms with Crippen molar-refractivity contribution in [2.75, 3.05) is 64.8 Å². The zero-order valence-corrected chi connectivity index (χ0v) is 73.3. The quantitative estimate of drug-likeness (QED) is 0.0627. The Labute approximate surface area is 727 Å². The number of nitrogens with zero attached hydrogens (tertiary/aromatic N) is 6. The highest BCUT2D eigenvalue weighted by Gasteiger charge is 2.19. The third kappa shape index (κ3) is 23.7. The largest absolute Gasteiger partial charge is 0.497 e. The maximum absolute atomic E-state index is 5.21. The molecule has 122 heavy (non-hydrogen) atoms. The fourth-order valence-corrected chi connectivity index (χ4v) is 14.4. The van der Waals surface area contributed by atoms with Gasteiger partial charge >= 0.3 is 0 Å². The molecule has 0 aliphatic rings. The lowest BCUT2D eigenvalue weighted by Gasteiger charge is -2.28. The van der Waals surface area contributed by atoms with E-state index in [0.29, 0.717) is 11.8 Å². The molecule has 0 N–H and O–H groups in total. The third-order valence-corrected chi connectivity index (χ3v) is 22.4. The van der Waals surface area contributed by atoms with Crippen molar-refractivity contribution in [3.05, 3.63) is 451 Å². The maximum Gasteiger partial charge on any atom is 0.119 e. The normalized spacial score (nSPS) is 11.0. The molecule has 16 aromatic rings. The summed E-state index contributed by atoms with van der Waals surface area (Å²) in [5.74, 6) is 2.91. The van der Waals surface area contributed by atoms with E-state index in [2.05, 4.69) is 495 Å². The number of rotatable bonds is 23. The number of aryl methyl sites for hydroxylation is 5. The summed E-state index contributed by atoms with van der Waals surface area (Å²) in [4.78, 5) is 13.4. The molecule has 0 aliphatic carbocycles. The summed E-state index contributed by atoms with van der Waals surface area (Å²) in [5.41, 5.74) is 31.6. The SMILES string of the molecule is CCC(C)c1ccc(N(c2ccc(C)cc2)c2ccc(C)cc2)cc1.CCC(C)c1ccc(N(c2ccccc2)c2ccc(N(c3ccccc3)c3ccccc3)cc2)cc1.COc1ccc(N(C)c2ccc(-c3ccc(C)cc3)cc2)cc1.COc1ccc(N(C)c2cccc(C)c2)cc1.Cc1ccc(-c2ccc(N(C)c3ccccc3)cc2)cc1. The van der Waals surface area contributed by atoms with E-state index in [0.717, 1.165) is 69.1 Å². The zero-order valence-electron chi connectivity index (χ0n) is 73.3. The molecule has 0 aliphatic heterocycles. The van der Waals surface area contributed by atoms with Crippen LogP contribution in [0.5, 0.6) is 11.5 Å². The molecular formula is C114H116N6O2. The van der Waals surface area contributed by atoms with E-state index in [1.165, 1.54) is 102 Å². The minimum atomic E-state index is 0.561. The van der Waals surface area contributed by atoms with E-state index in [1.807, 2.05) is 30.3 Å². The predicted octanol–water partition coefficient (Wildman–Crippen LogP) is 32.1. The predicted molar refractivity (Wildman–Crippen MR) is 525 cm³/mol. The van der Waals surface area contributed by atoms with Gasteiger partial charge in [-0.15, -0.1) is 0 Å². The molecule has 0 bridgehead atoms. The van der Waals surface area contributed by atoms with Gasteiger partial charge < -0.3 is 38.9 Å². The van der Waals surface area contributed by atoms with Crippen molar-refractivity contribution in [1.29, 1.82) is 0 Å². The molecule has 0 aromatic heterocycles. The van der Waals surface area contributed by atoms with E-state index in [9.17, 15) is 0 Å². The number of anilines is 15. The molecule has 16 rings (SSSR count). The molecule has 614 valence electrons. The highest BCUT2D eigenvalue weighted by molar-refractivity contribution is 5.82. The lowest BCUT2D eigenvalue weighted by Crippen LogP contribution is -2.12. The molecule has 0 saturated carbocycles. The Balaban J connectivity index is 0.000000143. The number of benzene rings is 16. The molecule has 8 nitrogen and oxygen atoms in total. The second-order valence-corrected chi connectivity index (χ2v) is 31.1. The van der Waals surface area contributed by atoms with Crippen LogP contribution in [0.4, 0.5) is 85.3 Å². The van der Waals surface area contributed by atoms with Gasteiger partial charge in [0.1, 0.15) is 11.5 Å². The van der Waals surface area contributed by atoms with Crippen LogP contribution in [0.3, 0.4) is 0 Å². The van der Waals surface area contributed by atoms with Gasteiger partial charge in [0.25, 0.3) is 0 Å². The van der Waals surface area contributed by atoms with E-state index in [-0.39, 0.29) is 0 Å². The Morgan fingerprint density at radius 2 is 0.402 bits per heavy atom. The van der Waals surface area contributed by atoms with Crippen LogP contribution in [0.15, 0.2) is 413 Å². The van der Waals surface area contributed by atoms with Crippen LogP contribution in [-0.4, -0.2) is 35.4 Å². The highest BCUT2D eigenvalue weighted by atomic mass is 16.5. The number of ether oxygens (including phenoxy) is 2. The summed E-state index contributed by atoms with van der Waals surface area (Å²) < 4.78 is 10.4. The monoisotopic (exact) mass is 1600 g/mol. The van der Waals surface area contributed by atoms with Crippen molar-refractivity contribution in [1.82, 2.24) is 0 Å². The average Bonchev–Trinajstić information content (AvgIpc) is 0.795. The van der Waals surface area contributed by atoms with Gasteiger partial charge in [0.2, 0.25) is 0 Å². The molecule has 8 heteroatoms. The smallest absolute Gasteiger partial charge is 0.119 e. The topological polar surface area (TPSA) is 37.9 Å². The first-order chi connectivity index (χ1) is 59.4. The van der Waals surface area contributed by atoms with Gasteiger partial charge in [-0.3, -0.25) is 0 Å². The molecule has 0 spiro atoms. The Bertz CT molecular complexity index is 5660. The summed E-state index contributed by atoms with van der Waals surface area (Å²) in [6, 6.07) is 146. The zero-order chi connectivity index (χ0) is 85.7. The van der Waals surface area contributed by atoms with E-state index < -0.39 is 0 Å². The minimum Gasteiger partial charge on any atom is -0.497 e. The summed E-state index contributed by atoms with van der Waals surface area (Å²) in [7, 11) is 9.59. The number of para-hydroxylation sites is 4. The Morgan fingerprint density at radius 3 is 0.664 bits per heavy atom. The van der Waals surface area contributed by atoms with Gasteiger partial charge in [-0.1, -0.05) is 256 Å². The average molecular weight is 1600 g/mol. The summed E-state index contributed by atoms with van der Waals surface area (Å²) in [5, 5.41) is 0. The third-order valence-electron chi connectivity index (χ3n) is 22.4. The van der Waals surface area contributed by atoms with Crippen molar-refractivity contribution < 1.29 is 9.47 Å². The first-order valence-corrected chi connectivity index (χ1v) is 42.4. The highest BCUT2D eigenvalue weighted by Crippen LogP contribution is 2.42. The van der Waals surface area contributed by atoms with Crippen LogP contribution in [0.2, 0.25) is 0 Å². The fraction of sp³-hybridized carbons (Fsp3) is 0.158. The molecular weight excluding hydrogens is 1490 g/mol. The molecule has 2 unspecified atom stereocenters. The lowest BCUT2D eigenvalue weighted by molar-refractivity contribution is 0.414. The molecule has 0 fully saturated rings. The van der Waals surface area contributed by atoms with Crippen LogP contribution in [0, 0.1) is 34.6 Å². The van der Waals surface area contributed by atoms with E-state index in [4.69, 9.17) is 9.47 Å². The van der Waals surface area contributed by atoms with Crippen LogP contribution >= 0.6 is 0 Å². The molecule has 2 atom stereocenters. The second kappa shape index (κ2) is 43.6. The number of methoxy groups -OCH3 is 2. The van der Waals surface area contributed by atoms with Crippen LogP contribution in [0.25, 0.3) is 22.3 Å². The maximum atomic E-state index is 5.21. The van der Waals surface area contributed by atoms with Crippen LogP contribution < -0.4 is 38.9 Å². The summed E-state index contributed by atoms with van der Waals surface area (Å²) in [6.45, 7) is 19.6. The van der Waals surface area contributed by atoms with Crippen molar-refractivity contribution >= 4 is 85.3 Å². The van der Waals surface area contributed by atoms with Gasteiger partial charge in [0, 0.05) is 106 Å². The Hall–Kier alpha value is -14.1. The van der Waals surface area contributed by atoms with Crippen molar-refractivity contribution in [3.63, 3.8) is 0 Å². The molecule has 0 saturated heterocycles. The van der Waals surface area contributed by atoms with Gasteiger partial charge in [-0.25, -0.2) is 0 Å². The standard InChI is InChI=1S/C34H32N2.C24H27N.C21H21NO.C20H19N.C15H17NO/c1-3-27(2)28-19-21-32(22-20-28)36(31-17-11-6-12-18-31)34-25-23-33(24-26-34)35(29-13-7-4-8-14-29)30-15-9-5-10-16-30;1-5-20(4)21-10-16-24(17-11-21)25(22-12-6-18(2)7-13-22)23-14-8-19(3)9-15-23;1-16-4-6-17(7-5-16)18-8-10-19(11-9-18)22(2)20-12-14-21(23-3)15-13-20;1-16-8-10-17(11-9-16)18-12-14-20(15-13-18)21(2)19-6-4-3-5-7-19;1-12-5-4-6-14(11-12)16(2)13-7-9-15(17-3)10-8-13/h4-27H,3H2,1-2H3;6-17,20H,5H2,1-4H3;4-15H,1-3H3;3-15H,1-2H3;4-11H,1-3H3. The summed E-state index contributed by atoms with van der Waals surface area (Å²) >= 11 is 0. The van der Waals surface area contributed by atoms with E-state index in [1.54, 1.807) is 14.2 Å². The molecule has 16 aromatic carbocycles. The first kappa shape index (κ1) is 87.2. The minimum absolute atomic E-state index is 0.561. The van der Waals surface area contributed by atoms with Gasteiger partial charge in [-0.2, -0.15) is 0 Å². The lowest BCUT2D eigenvalue weighted by atomic mass is 9.98. The van der Waals surface area contributed by atoms with Gasteiger partial charge in [0.05, 0.1) is 14.2 Å². The molecule has 0 radical (unpaired) electrons. The van der Waals surface area contributed by atoms with E-state index >= 15 is 0 Å². The van der Waals surface area contributed by atoms with Crippen LogP contribution in [-0.2, 0) is 0 Å². The number of hydrogen-bond acceptors (Lipinski definition) is 8. The van der Waals surface area contributed by atoms with Gasteiger partial charge in [-0.05, 0) is 304 Å². The molecule has 0 heterocycles. The fourth-order valence-electron chi connectivity index (χ4n) is 14.4. The van der Waals surface area contributed by atoms with Crippen molar-refractivity contribution in [2.45, 2.75) is 87.0 Å². The van der Waals surface area contributed by atoms with Crippen molar-refractivity contribution in [2.24, 2.45) is 0 Å². The number of hydrogen-bond donors (Lipinski definition) is 0. The first-order valence-electron chi connectivity index (χ1n) is 42.4. The summed E-state index contributed by atoms with van der Waals surface area (Å²) in [6.07, 6.45) is 2.31. The Kier molecular flexibility index (Phi) is 31.2. The Morgan fingerprint density at radius 1 is 0.205 bits per heavy atom. The second-order valence-electron chi connectivity index (χ2n) is 31.1. The van der Waals surface area contributed by atoms with Gasteiger partial charge in [0.15, 0.2) is 0 Å². The van der Waals surface area contributed by atoms with Crippen LogP contribution in [0.1, 0.15) is 91.3 Å². The molecule has 0 amide bonds. The van der Waals surface area contributed by atoms with Crippen molar-refractivity contribution in [3.8, 4) is 33.8 Å².